The van der Waals surface area contributed by atoms with E-state index in [4.69, 9.17) is 0 Å². The van der Waals surface area contributed by atoms with Gasteiger partial charge in [-0.3, -0.25) is 9.78 Å². The molecule has 108 valence electrons. The van der Waals surface area contributed by atoms with Crippen molar-refractivity contribution in [2.45, 2.75) is 58.0 Å². The van der Waals surface area contributed by atoms with E-state index >= 15 is 0 Å². The second kappa shape index (κ2) is 5.52. The number of pyridine rings is 1. The average molecular weight is 273 g/mol. The zero-order chi connectivity index (χ0) is 14.1. The zero-order valence-corrected chi connectivity index (χ0v) is 12.3. The van der Waals surface area contributed by atoms with Crippen LogP contribution in [0.3, 0.4) is 0 Å². The lowest BCUT2D eigenvalue weighted by atomic mass is 9.85. The number of nitrogens with one attached hydrogen (secondary N) is 2. The molecule has 0 bridgehead atoms. The van der Waals surface area contributed by atoms with Crippen molar-refractivity contribution >= 4 is 11.6 Å². The van der Waals surface area contributed by atoms with Gasteiger partial charge < -0.3 is 10.6 Å². The van der Waals surface area contributed by atoms with Crippen LogP contribution in [0.5, 0.6) is 0 Å². The van der Waals surface area contributed by atoms with Crippen LogP contribution in [0.15, 0.2) is 12.1 Å². The highest BCUT2D eigenvalue weighted by Crippen LogP contribution is 2.33. The number of hydrogen-bond donors (Lipinski definition) is 2. The summed E-state index contributed by atoms with van der Waals surface area (Å²) in [5.41, 5.74) is 2.69. The lowest BCUT2D eigenvalue weighted by molar-refractivity contribution is -0.117. The molecule has 0 spiro atoms. The molecule has 3 unspecified atom stereocenters. The first-order chi connectivity index (χ1) is 9.63. The maximum absolute atomic E-state index is 12.4. The topological polar surface area (TPSA) is 54.0 Å². The van der Waals surface area contributed by atoms with Crippen LogP contribution in [0.4, 0.5) is 5.69 Å². The third-order valence-corrected chi connectivity index (χ3v) is 4.66. The molecule has 1 amide bonds. The minimum absolute atomic E-state index is 0.0381. The van der Waals surface area contributed by atoms with Gasteiger partial charge >= 0.3 is 0 Å². The average Bonchev–Trinajstić information content (AvgIpc) is 2.86. The molecule has 2 aliphatic rings. The predicted octanol–water partition coefficient (Wildman–Crippen LogP) is 2.56. The van der Waals surface area contributed by atoms with Crippen molar-refractivity contribution in [3.05, 3.63) is 23.5 Å². The first kappa shape index (κ1) is 13.6. The van der Waals surface area contributed by atoms with Crippen LogP contribution < -0.4 is 10.6 Å². The second-order valence-electron chi connectivity index (χ2n) is 6.18. The van der Waals surface area contributed by atoms with Gasteiger partial charge in [0.15, 0.2) is 0 Å². The number of fused-ring (bicyclic) bond motifs is 1. The molecule has 1 aliphatic carbocycles. The van der Waals surface area contributed by atoms with Crippen molar-refractivity contribution in [1.29, 1.82) is 0 Å². The quantitative estimate of drug-likeness (QED) is 0.870. The lowest BCUT2D eigenvalue weighted by Gasteiger charge is -2.24. The molecule has 3 rings (SSSR count). The van der Waals surface area contributed by atoms with Crippen LogP contribution in [0, 0.1) is 19.8 Å². The maximum atomic E-state index is 12.4. The Bertz CT molecular complexity index is 500. The molecule has 4 nitrogen and oxygen atoms in total. The van der Waals surface area contributed by atoms with E-state index in [2.05, 4.69) is 15.6 Å². The van der Waals surface area contributed by atoms with Crippen LogP contribution in [-0.2, 0) is 4.79 Å². The summed E-state index contributed by atoms with van der Waals surface area (Å²) in [5.74, 6) is 0.782. The summed E-state index contributed by atoms with van der Waals surface area (Å²) in [4.78, 5) is 16.8. The van der Waals surface area contributed by atoms with E-state index in [0.717, 1.165) is 23.5 Å². The van der Waals surface area contributed by atoms with Gasteiger partial charge in [-0.05, 0) is 51.2 Å². The molecular weight excluding hydrogens is 250 g/mol. The number of anilines is 1. The number of hydrogen-bond acceptors (Lipinski definition) is 3. The Morgan fingerprint density at radius 3 is 2.85 bits per heavy atom. The Morgan fingerprint density at radius 2 is 2.10 bits per heavy atom. The fraction of sp³-hybridized carbons (Fsp3) is 0.625. The van der Waals surface area contributed by atoms with Gasteiger partial charge in [0.25, 0.3) is 0 Å². The summed E-state index contributed by atoms with van der Waals surface area (Å²) in [5, 5.41) is 6.54. The standard InChI is InChI=1S/C16H23N3O/c1-10-7-8-13(11(2)17-10)19-16(20)15-9-12-5-3-4-6-14(12)18-15/h7-8,12,14-15,18H,3-6,9H2,1-2H3,(H,19,20). The van der Waals surface area contributed by atoms with E-state index in [9.17, 15) is 4.79 Å². The van der Waals surface area contributed by atoms with Crippen molar-refractivity contribution in [2.75, 3.05) is 5.32 Å². The Kier molecular flexibility index (Phi) is 3.74. The van der Waals surface area contributed by atoms with Crippen molar-refractivity contribution < 1.29 is 4.79 Å². The van der Waals surface area contributed by atoms with Crippen LogP contribution in [-0.4, -0.2) is 23.0 Å². The van der Waals surface area contributed by atoms with Gasteiger partial charge in [0.05, 0.1) is 17.4 Å². The summed E-state index contributed by atoms with van der Waals surface area (Å²) in [7, 11) is 0. The van der Waals surface area contributed by atoms with Crippen molar-refractivity contribution in [3.63, 3.8) is 0 Å². The summed E-state index contributed by atoms with van der Waals surface area (Å²) < 4.78 is 0. The smallest absolute Gasteiger partial charge is 0.241 e. The van der Waals surface area contributed by atoms with Crippen molar-refractivity contribution in [3.8, 4) is 0 Å². The Hall–Kier alpha value is -1.42. The van der Waals surface area contributed by atoms with Crippen molar-refractivity contribution in [1.82, 2.24) is 10.3 Å². The first-order valence-electron chi connectivity index (χ1n) is 7.64. The number of nitrogens with zero attached hydrogens (tertiary/aromatic N) is 1. The van der Waals surface area contributed by atoms with Gasteiger partial charge in [0.2, 0.25) is 5.91 Å². The predicted molar refractivity (Wildman–Crippen MR) is 79.6 cm³/mol. The highest BCUT2D eigenvalue weighted by molar-refractivity contribution is 5.95. The third-order valence-electron chi connectivity index (χ3n) is 4.66. The van der Waals surface area contributed by atoms with E-state index in [1.54, 1.807) is 0 Å². The largest absolute Gasteiger partial charge is 0.323 e. The minimum Gasteiger partial charge on any atom is -0.323 e. The molecule has 4 heteroatoms. The molecule has 0 radical (unpaired) electrons. The van der Waals surface area contributed by atoms with Gasteiger partial charge in [0.1, 0.15) is 0 Å². The molecule has 0 aromatic carbocycles. The summed E-state index contributed by atoms with van der Waals surface area (Å²) >= 11 is 0. The molecule has 1 aliphatic heterocycles. The highest BCUT2D eigenvalue weighted by Gasteiger charge is 2.38. The molecule has 1 saturated carbocycles. The summed E-state index contributed by atoms with van der Waals surface area (Å²) in [6.07, 6.45) is 6.09. The Labute approximate surface area is 120 Å². The van der Waals surface area contributed by atoms with Crippen LogP contribution >= 0.6 is 0 Å². The highest BCUT2D eigenvalue weighted by atomic mass is 16.2. The molecule has 1 saturated heterocycles. The fourth-order valence-electron chi connectivity index (χ4n) is 3.56. The number of rotatable bonds is 2. The Balaban J connectivity index is 1.65. The molecule has 3 atom stereocenters. The normalized spacial score (nSPS) is 29.0. The van der Waals surface area contributed by atoms with Gasteiger partial charge in [-0.15, -0.1) is 0 Å². The SMILES string of the molecule is Cc1ccc(NC(=O)C2CC3CCCCC3N2)c(C)n1. The van der Waals surface area contributed by atoms with E-state index in [-0.39, 0.29) is 11.9 Å². The molecule has 1 aromatic heterocycles. The van der Waals surface area contributed by atoms with E-state index < -0.39 is 0 Å². The maximum Gasteiger partial charge on any atom is 0.241 e. The van der Waals surface area contributed by atoms with E-state index in [1.165, 1.54) is 25.7 Å². The summed E-state index contributed by atoms with van der Waals surface area (Å²) in [6, 6.07) is 4.39. The Morgan fingerprint density at radius 1 is 1.30 bits per heavy atom. The third kappa shape index (κ3) is 2.70. The number of carbonyl (C=O) groups is 1. The first-order valence-corrected chi connectivity index (χ1v) is 7.64. The molecule has 20 heavy (non-hydrogen) atoms. The molecular formula is C16H23N3O. The van der Waals surface area contributed by atoms with Gasteiger partial charge in [0, 0.05) is 11.7 Å². The van der Waals surface area contributed by atoms with Crippen molar-refractivity contribution in [2.24, 2.45) is 5.92 Å². The minimum atomic E-state index is -0.0381. The number of amides is 1. The zero-order valence-electron chi connectivity index (χ0n) is 12.3. The van der Waals surface area contributed by atoms with E-state index in [1.807, 2.05) is 26.0 Å². The molecule has 2 heterocycles. The monoisotopic (exact) mass is 273 g/mol. The van der Waals surface area contributed by atoms with Gasteiger partial charge in [-0.25, -0.2) is 0 Å². The van der Waals surface area contributed by atoms with Gasteiger partial charge in [-0.2, -0.15) is 0 Å². The number of aromatic nitrogens is 1. The van der Waals surface area contributed by atoms with E-state index in [0.29, 0.717) is 12.0 Å². The van der Waals surface area contributed by atoms with Gasteiger partial charge in [-0.1, -0.05) is 12.8 Å². The molecule has 2 N–H and O–H groups in total. The lowest BCUT2D eigenvalue weighted by Crippen LogP contribution is -2.40. The van der Waals surface area contributed by atoms with Crippen LogP contribution in [0.25, 0.3) is 0 Å². The summed E-state index contributed by atoms with van der Waals surface area (Å²) in [6.45, 7) is 3.90. The second-order valence-corrected chi connectivity index (χ2v) is 6.18. The molecule has 1 aromatic rings. The molecule has 2 fully saturated rings. The number of carbonyl (C=O) groups excluding carboxylic acids is 1. The van der Waals surface area contributed by atoms with Crippen LogP contribution in [0.1, 0.15) is 43.5 Å². The van der Waals surface area contributed by atoms with Crippen LogP contribution in [0.2, 0.25) is 0 Å². The number of aryl methyl sites for hydroxylation is 2. The fourth-order valence-corrected chi connectivity index (χ4v) is 3.56.